The molecule has 2 aliphatic rings. The van der Waals surface area contributed by atoms with E-state index in [1.165, 1.54) is 10.6 Å². The average molecular weight is 397 g/mol. The van der Waals surface area contributed by atoms with Crippen molar-refractivity contribution in [3.63, 3.8) is 0 Å². The van der Waals surface area contributed by atoms with E-state index in [0.29, 0.717) is 25.0 Å². The van der Waals surface area contributed by atoms with Gasteiger partial charge in [-0.2, -0.15) is 0 Å². The zero-order valence-corrected chi connectivity index (χ0v) is 16.4. The van der Waals surface area contributed by atoms with Crippen molar-refractivity contribution >= 4 is 23.5 Å². The van der Waals surface area contributed by atoms with Gasteiger partial charge in [0.15, 0.2) is 0 Å². The second kappa shape index (κ2) is 6.98. The molecule has 0 aliphatic carbocycles. The molecule has 2 aliphatic heterocycles. The summed E-state index contributed by atoms with van der Waals surface area (Å²) in [5, 5.41) is 2.42. The highest BCUT2D eigenvalue weighted by molar-refractivity contribution is 6.07. The Hall–Kier alpha value is -3.23. The number of hydrogen-bond acceptors (Lipinski definition) is 5. The van der Waals surface area contributed by atoms with Gasteiger partial charge in [-0.05, 0) is 30.9 Å². The molecule has 4 amide bonds. The van der Waals surface area contributed by atoms with Gasteiger partial charge >= 0.3 is 6.03 Å². The van der Waals surface area contributed by atoms with E-state index in [1.807, 2.05) is 13.8 Å². The molecule has 0 unspecified atom stereocenters. The van der Waals surface area contributed by atoms with Crippen molar-refractivity contribution in [2.75, 3.05) is 19.6 Å². The summed E-state index contributed by atoms with van der Waals surface area (Å²) in [6.07, 6.45) is 3.56. The maximum atomic E-state index is 13.0. The molecule has 2 aromatic heterocycles. The minimum Gasteiger partial charge on any atom is -0.338 e. The first-order valence-electron chi connectivity index (χ1n) is 9.72. The van der Waals surface area contributed by atoms with Crippen LogP contribution in [0.3, 0.4) is 0 Å². The Balaban J connectivity index is 1.56. The van der Waals surface area contributed by atoms with Crippen molar-refractivity contribution in [2.45, 2.75) is 32.2 Å². The van der Waals surface area contributed by atoms with Crippen molar-refractivity contribution in [3.8, 4) is 0 Å². The molecule has 0 aromatic carbocycles. The van der Waals surface area contributed by atoms with Gasteiger partial charge in [-0.1, -0.05) is 19.9 Å². The van der Waals surface area contributed by atoms with Crippen LogP contribution in [0.15, 0.2) is 35.4 Å². The molecule has 29 heavy (non-hydrogen) atoms. The molecule has 0 bridgehead atoms. The number of rotatable bonds is 3. The van der Waals surface area contributed by atoms with Crippen LogP contribution in [0.1, 0.15) is 37.0 Å². The number of aromatic nitrogens is 2. The van der Waals surface area contributed by atoms with Gasteiger partial charge < -0.3 is 9.80 Å². The Morgan fingerprint density at radius 2 is 1.93 bits per heavy atom. The van der Waals surface area contributed by atoms with Crippen LogP contribution in [0.5, 0.6) is 0 Å². The molecule has 1 N–H and O–H groups in total. The number of carbonyl (C=O) groups is 3. The number of likely N-dealkylation sites (tertiary alicyclic amines) is 1. The Bertz CT molecular complexity index is 1050. The smallest absolute Gasteiger partial charge is 0.325 e. The summed E-state index contributed by atoms with van der Waals surface area (Å²) in [6, 6.07) is 4.79. The lowest BCUT2D eigenvalue weighted by Gasteiger charge is -2.42. The van der Waals surface area contributed by atoms with Gasteiger partial charge in [0.1, 0.15) is 16.7 Å². The first-order chi connectivity index (χ1) is 13.8. The minimum atomic E-state index is -0.922. The third-order valence-electron chi connectivity index (χ3n) is 5.67. The molecule has 9 heteroatoms. The highest BCUT2D eigenvalue weighted by Crippen LogP contribution is 2.34. The fourth-order valence-corrected chi connectivity index (χ4v) is 4.14. The summed E-state index contributed by atoms with van der Waals surface area (Å²) < 4.78 is 1.34. The predicted octanol–water partition coefficient (Wildman–Crippen LogP) is 0.877. The van der Waals surface area contributed by atoms with Crippen LogP contribution in [0.4, 0.5) is 4.79 Å². The topological polar surface area (TPSA) is 104 Å². The van der Waals surface area contributed by atoms with Crippen molar-refractivity contribution in [2.24, 2.45) is 5.92 Å². The van der Waals surface area contributed by atoms with Gasteiger partial charge in [0.25, 0.3) is 17.4 Å². The van der Waals surface area contributed by atoms with Crippen molar-refractivity contribution < 1.29 is 14.4 Å². The molecule has 4 heterocycles. The van der Waals surface area contributed by atoms with E-state index in [9.17, 15) is 19.2 Å². The number of piperidine rings is 1. The zero-order chi connectivity index (χ0) is 20.8. The lowest BCUT2D eigenvalue weighted by molar-refractivity contribution is -0.129. The molecule has 152 valence electrons. The highest BCUT2D eigenvalue weighted by Gasteiger charge is 2.54. The summed E-state index contributed by atoms with van der Waals surface area (Å²) in [5.41, 5.74) is -0.877. The van der Waals surface area contributed by atoms with Crippen molar-refractivity contribution in [1.29, 1.82) is 0 Å². The summed E-state index contributed by atoms with van der Waals surface area (Å²) >= 11 is 0. The fourth-order valence-electron chi connectivity index (χ4n) is 4.14. The number of hydrogen-bond donors (Lipinski definition) is 1. The summed E-state index contributed by atoms with van der Waals surface area (Å²) in [6.45, 7) is 5.02. The van der Waals surface area contributed by atoms with Gasteiger partial charge in [-0.25, -0.2) is 9.78 Å². The van der Waals surface area contributed by atoms with Crippen LogP contribution < -0.4 is 10.9 Å². The fraction of sp³-hybridized carbons (Fsp3) is 0.450. The van der Waals surface area contributed by atoms with Gasteiger partial charge in [-0.3, -0.25) is 24.1 Å². The predicted molar refractivity (Wildman–Crippen MR) is 104 cm³/mol. The van der Waals surface area contributed by atoms with Gasteiger partial charge in [-0.15, -0.1) is 0 Å². The van der Waals surface area contributed by atoms with E-state index in [0.717, 1.165) is 0 Å². The van der Waals surface area contributed by atoms with E-state index >= 15 is 0 Å². The number of fused-ring (bicyclic) bond motifs is 1. The number of urea groups is 1. The number of nitrogens with one attached hydrogen (secondary N) is 1. The molecule has 0 saturated carbocycles. The minimum absolute atomic E-state index is 0.00404. The number of nitrogens with zero attached hydrogens (tertiary/aromatic N) is 4. The summed E-state index contributed by atoms with van der Waals surface area (Å²) in [5.74, 6) is -0.495. The molecule has 0 atom stereocenters. The number of pyridine rings is 1. The molecule has 2 aromatic rings. The maximum Gasteiger partial charge on any atom is 0.325 e. The quantitative estimate of drug-likeness (QED) is 0.774. The van der Waals surface area contributed by atoms with Crippen LogP contribution in [0, 0.1) is 5.92 Å². The molecule has 4 rings (SSSR count). The van der Waals surface area contributed by atoms with E-state index in [2.05, 4.69) is 10.3 Å². The second-order valence-corrected chi connectivity index (χ2v) is 7.99. The molecule has 0 radical (unpaired) electrons. The van der Waals surface area contributed by atoms with Crippen molar-refractivity contribution in [3.05, 3.63) is 46.5 Å². The lowest BCUT2D eigenvalue weighted by atomic mass is 9.85. The maximum absolute atomic E-state index is 13.0. The normalized spacial score (nSPS) is 18.7. The number of amides is 4. The Morgan fingerprint density at radius 3 is 2.62 bits per heavy atom. The average Bonchev–Trinajstić information content (AvgIpc) is 2.92. The lowest BCUT2D eigenvalue weighted by Crippen LogP contribution is -2.58. The van der Waals surface area contributed by atoms with E-state index in [-0.39, 0.29) is 36.5 Å². The van der Waals surface area contributed by atoms with Crippen molar-refractivity contribution in [1.82, 2.24) is 24.5 Å². The SMILES string of the molecule is CC(C)CN1C(=O)NC(=O)C12CCN(C(=O)c1cnc3ccccn3c1=O)CC2. The second-order valence-electron chi connectivity index (χ2n) is 7.99. The molecular weight excluding hydrogens is 374 g/mol. The highest BCUT2D eigenvalue weighted by atomic mass is 16.2. The van der Waals surface area contributed by atoms with Gasteiger partial charge in [0.05, 0.1) is 0 Å². The third kappa shape index (κ3) is 3.06. The largest absolute Gasteiger partial charge is 0.338 e. The third-order valence-corrected chi connectivity index (χ3v) is 5.67. The first-order valence-corrected chi connectivity index (χ1v) is 9.72. The van der Waals surface area contributed by atoms with Crippen LogP contribution in [-0.4, -0.2) is 62.2 Å². The van der Waals surface area contributed by atoms with Crippen LogP contribution in [0.25, 0.3) is 5.65 Å². The first kappa shape index (κ1) is 19.1. The number of imide groups is 1. The number of carbonyl (C=O) groups excluding carboxylic acids is 3. The standard InChI is InChI=1S/C20H23N5O4/c1-13(2)12-25-19(29)22-18(28)20(25)6-9-23(10-7-20)16(26)14-11-21-15-5-3-4-8-24(15)17(14)27/h3-5,8,11,13H,6-7,9-10,12H2,1-2H3,(H,22,28,29). The van der Waals surface area contributed by atoms with Crippen LogP contribution >= 0.6 is 0 Å². The molecule has 2 saturated heterocycles. The van der Waals surface area contributed by atoms with Crippen LogP contribution in [-0.2, 0) is 4.79 Å². The van der Waals surface area contributed by atoms with E-state index < -0.39 is 17.0 Å². The molecule has 1 spiro atoms. The van der Waals surface area contributed by atoms with E-state index in [1.54, 1.807) is 34.2 Å². The molecule has 9 nitrogen and oxygen atoms in total. The van der Waals surface area contributed by atoms with Gasteiger partial charge in [0, 0.05) is 32.0 Å². The van der Waals surface area contributed by atoms with Crippen LogP contribution in [0.2, 0.25) is 0 Å². The molecular formula is C20H23N5O4. The van der Waals surface area contributed by atoms with Gasteiger partial charge in [0.2, 0.25) is 0 Å². The summed E-state index contributed by atoms with van der Waals surface area (Å²) in [4.78, 5) is 57.8. The zero-order valence-electron chi connectivity index (χ0n) is 16.4. The Kier molecular flexibility index (Phi) is 4.60. The summed E-state index contributed by atoms with van der Waals surface area (Å²) in [7, 11) is 0. The Labute approximate surface area is 167 Å². The van der Waals surface area contributed by atoms with E-state index in [4.69, 9.17) is 0 Å². The Morgan fingerprint density at radius 1 is 1.21 bits per heavy atom. The molecule has 2 fully saturated rings. The monoisotopic (exact) mass is 397 g/mol.